The minimum Gasteiger partial charge on any atom is -0.494 e. The van der Waals surface area contributed by atoms with Crippen LogP contribution in [-0.4, -0.2) is 63.1 Å². The number of pyridine rings is 1. The lowest BCUT2D eigenvalue weighted by Gasteiger charge is -2.34. The topological polar surface area (TPSA) is 132 Å². The molecule has 1 atom stereocenters. The molecule has 2 aromatic heterocycles. The minimum absolute atomic E-state index is 0.207. The van der Waals surface area contributed by atoms with Crippen LogP contribution in [0.4, 0.5) is 26.8 Å². The number of aromatic nitrogens is 2. The van der Waals surface area contributed by atoms with Crippen molar-refractivity contribution in [3.63, 3.8) is 0 Å². The van der Waals surface area contributed by atoms with E-state index >= 15 is 0 Å². The fourth-order valence-electron chi connectivity index (χ4n) is 5.12. The van der Waals surface area contributed by atoms with Crippen molar-refractivity contribution in [2.75, 3.05) is 29.9 Å². The Morgan fingerprint density at radius 1 is 1.22 bits per heavy atom. The number of amides is 2. The lowest BCUT2D eigenvalue weighted by molar-refractivity contribution is 0.0597. The van der Waals surface area contributed by atoms with Crippen molar-refractivity contribution < 1.29 is 24.2 Å². The van der Waals surface area contributed by atoms with Gasteiger partial charge in [0.1, 0.15) is 28.8 Å². The molecule has 1 saturated heterocycles. The van der Waals surface area contributed by atoms with Crippen molar-refractivity contribution in [2.24, 2.45) is 0 Å². The van der Waals surface area contributed by atoms with Crippen molar-refractivity contribution >= 4 is 34.9 Å². The number of anilines is 3. The van der Waals surface area contributed by atoms with Crippen LogP contribution in [0.2, 0.25) is 0 Å². The maximum Gasteiger partial charge on any atom is 0.420 e. The van der Waals surface area contributed by atoms with Gasteiger partial charge in [-0.25, -0.2) is 19.0 Å². The number of ether oxygens (including phenoxy) is 2. The van der Waals surface area contributed by atoms with Crippen LogP contribution in [0.3, 0.4) is 0 Å². The molecule has 0 saturated carbocycles. The van der Waals surface area contributed by atoms with E-state index in [9.17, 15) is 20.0 Å². The Balaban J connectivity index is 1.95. The number of piperidine rings is 1. The number of benzene rings is 1. The molecule has 0 unspecified atom stereocenters. The van der Waals surface area contributed by atoms with Crippen LogP contribution in [0, 0.1) is 11.3 Å². The Hall–Kier alpha value is -4.46. The second-order valence-electron chi connectivity index (χ2n) is 11.0. The minimum atomic E-state index is -0.968. The van der Waals surface area contributed by atoms with Crippen LogP contribution >= 0.6 is 0 Å². The second kappa shape index (κ2) is 12.4. The van der Waals surface area contributed by atoms with Gasteiger partial charge in [-0.15, -0.1) is 0 Å². The van der Waals surface area contributed by atoms with Gasteiger partial charge in [-0.1, -0.05) is 13.3 Å². The average Bonchev–Trinajstić information content (AvgIpc) is 3.40. The van der Waals surface area contributed by atoms with E-state index in [1.807, 2.05) is 13.8 Å². The van der Waals surface area contributed by atoms with Gasteiger partial charge in [0, 0.05) is 24.7 Å². The van der Waals surface area contributed by atoms with E-state index in [1.54, 1.807) is 61.8 Å². The summed E-state index contributed by atoms with van der Waals surface area (Å²) in [5.74, 6) is 1.12. The Labute approximate surface area is 240 Å². The van der Waals surface area contributed by atoms with Crippen molar-refractivity contribution in [2.45, 2.75) is 71.9 Å². The van der Waals surface area contributed by atoms with E-state index in [2.05, 4.69) is 16.5 Å². The summed E-state index contributed by atoms with van der Waals surface area (Å²) in [6.45, 7) is 10.6. The average molecular weight is 563 g/mol. The summed E-state index contributed by atoms with van der Waals surface area (Å²) in [4.78, 5) is 28.5. The number of nitrogens with zero attached hydrogens (tertiary/aromatic N) is 5. The fourth-order valence-corrected chi connectivity index (χ4v) is 5.12. The van der Waals surface area contributed by atoms with Gasteiger partial charge in [-0.2, -0.15) is 10.4 Å². The van der Waals surface area contributed by atoms with E-state index in [0.717, 1.165) is 12.8 Å². The van der Waals surface area contributed by atoms with E-state index in [4.69, 9.17) is 9.47 Å². The van der Waals surface area contributed by atoms with Crippen LogP contribution in [0.15, 0.2) is 36.5 Å². The first-order chi connectivity index (χ1) is 19.6. The zero-order chi connectivity index (χ0) is 29.7. The van der Waals surface area contributed by atoms with Gasteiger partial charge in [0.15, 0.2) is 0 Å². The first-order valence-corrected chi connectivity index (χ1v) is 14.0. The molecule has 1 aromatic carbocycles. The number of hydrogen-bond donors (Lipinski definition) is 2. The summed E-state index contributed by atoms with van der Waals surface area (Å²) in [5.41, 5.74) is 1.97. The second-order valence-corrected chi connectivity index (χ2v) is 11.0. The summed E-state index contributed by atoms with van der Waals surface area (Å²) in [7, 11) is 0. The Morgan fingerprint density at radius 3 is 2.56 bits per heavy atom. The number of nitriles is 1. The van der Waals surface area contributed by atoms with Crippen molar-refractivity contribution in [1.82, 2.24) is 14.5 Å². The number of fused-ring (bicyclic) bond motifs is 1. The molecule has 0 radical (unpaired) electrons. The van der Waals surface area contributed by atoms with Gasteiger partial charge in [-0.3, -0.25) is 0 Å². The van der Waals surface area contributed by atoms with Crippen molar-refractivity contribution in [3.8, 4) is 11.8 Å². The predicted octanol–water partition coefficient (Wildman–Crippen LogP) is 6.18. The third kappa shape index (κ3) is 6.48. The molecule has 0 aliphatic carbocycles. The zero-order valence-corrected chi connectivity index (χ0v) is 24.3. The molecule has 0 bridgehead atoms. The standard InChI is InChI=1S/C30H38N6O5/c1-6-9-23-26(33-20-10-8-17-34(19-20)28(37)38)24(18-31)25-15-16-32-36(25)27(23)35(29(39)41-30(3,4)5)21-11-13-22(14-12-21)40-7-2/h11-16,20,33H,6-10,17,19H2,1-5H3,(H,37,38)/t20-/m0/s1. The first-order valence-electron chi connectivity index (χ1n) is 14.0. The molecule has 0 spiro atoms. The fraction of sp³-hybridized carbons (Fsp3) is 0.467. The van der Waals surface area contributed by atoms with Gasteiger partial charge in [-0.05, 0) is 77.3 Å². The summed E-state index contributed by atoms with van der Waals surface area (Å²) in [6.07, 6.45) is 2.72. The molecule has 218 valence electrons. The van der Waals surface area contributed by atoms with Crippen LogP contribution < -0.4 is 15.0 Å². The number of carbonyl (C=O) groups is 2. The number of hydrogen-bond acceptors (Lipinski definition) is 7. The molecule has 11 nitrogen and oxygen atoms in total. The molecule has 2 N–H and O–H groups in total. The predicted molar refractivity (Wildman–Crippen MR) is 156 cm³/mol. The van der Waals surface area contributed by atoms with Gasteiger partial charge in [0.25, 0.3) is 0 Å². The van der Waals surface area contributed by atoms with Gasteiger partial charge in [0.2, 0.25) is 0 Å². The lowest BCUT2D eigenvalue weighted by Crippen LogP contribution is -2.44. The SMILES string of the molecule is CCCc1c(N[C@H]2CCCN(C(=O)O)C2)c(C#N)c2ccnn2c1N(C(=O)OC(C)(C)C)c1ccc(OCC)cc1. The normalized spacial score (nSPS) is 15.3. The molecular weight excluding hydrogens is 524 g/mol. The third-order valence-electron chi connectivity index (χ3n) is 6.77. The molecular formula is C30H38N6O5. The first kappa shape index (κ1) is 29.5. The number of likely N-dealkylation sites (tertiary alicyclic amines) is 1. The molecule has 41 heavy (non-hydrogen) atoms. The maximum atomic E-state index is 13.9. The highest BCUT2D eigenvalue weighted by atomic mass is 16.6. The number of carbonyl (C=O) groups excluding carboxylic acids is 1. The molecule has 3 heterocycles. The Morgan fingerprint density at radius 2 is 1.95 bits per heavy atom. The summed E-state index contributed by atoms with van der Waals surface area (Å²) >= 11 is 0. The van der Waals surface area contributed by atoms with Crippen molar-refractivity contribution in [1.29, 1.82) is 5.26 Å². The molecule has 1 aliphatic heterocycles. The molecule has 4 rings (SSSR count). The number of nitrogens with one attached hydrogen (secondary N) is 1. The summed E-state index contributed by atoms with van der Waals surface area (Å²) in [6, 6.07) is 11.0. The van der Waals surface area contributed by atoms with E-state index in [-0.39, 0.29) is 6.04 Å². The highest BCUT2D eigenvalue weighted by molar-refractivity contribution is 5.98. The van der Waals surface area contributed by atoms with Gasteiger partial charge >= 0.3 is 12.2 Å². The summed E-state index contributed by atoms with van der Waals surface area (Å²) < 4.78 is 13.1. The van der Waals surface area contributed by atoms with Gasteiger partial charge < -0.3 is 24.8 Å². The summed E-state index contributed by atoms with van der Waals surface area (Å²) in [5, 5.41) is 28.0. The highest BCUT2D eigenvalue weighted by Gasteiger charge is 2.33. The molecule has 2 amide bonds. The molecule has 3 aromatic rings. The molecule has 11 heteroatoms. The smallest absolute Gasteiger partial charge is 0.420 e. The van der Waals surface area contributed by atoms with Crippen LogP contribution in [0.25, 0.3) is 5.52 Å². The monoisotopic (exact) mass is 562 g/mol. The Bertz CT molecular complexity index is 1440. The number of rotatable bonds is 8. The number of carboxylic acid groups (broad SMARTS) is 1. The zero-order valence-electron chi connectivity index (χ0n) is 24.3. The molecule has 1 aliphatic rings. The van der Waals surface area contributed by atoms with Crippen LogP contribution in [0.1, 0.15) is 65.0 Å². The quantitative estimate of drug-likeness (QED) is 0.332. The van der Waals surface area contributed by atoms with Crippen molar-refractivity contribution in [3.05, 3.63) is 47.7 Å². The van der Waals surface area contributed by atoms with E-state index < -0.39 is 17.8 Å². The maximum absolute atomic E-state index is 13.9. The molecule has 1 fully saturated rings. The van der Waals surface area contributed by atoms with Gasteiger partial charge in [0.05, 0.1) is 29.7 Å². The van der Waals surface area contributed by atoms with E-state index in [1.165, 1.54) is 9.80 Å². The van der Waals surface area contributed by atoms with Crippen LogP contribution in [-0.2, 0) is 11.2 Å². The van der Waals surface area contributed by atoms with Crippen LogP contribution in [0.5, 0.6) is 5.75 Å². The third-order valence-corrected chi connectivity index (χ3v) is 6.77. The Kier molecular flexibility index (Phi) is 8.91. The van der Waals surface area contributed by atoms with E-state index in [0.29, 0.717) is 72.1 Å². The largest absolute Gasteiger partial charge is 0.494 e. The highest BCUT2D eigenvalue weighted by Crippen LogP contribution is 2.40. The lowest BCUT2D eigenvalue weighted by atomic mass is 10.00.